The van der Waals surface area contributed by atoms with Crippen LogP contribution >= 0.6 is 0 Å². The molecule has 0 aliphatic carbocycles. The highest BCUT2D eigenvalue weighted by atomic mass is 16.5. The van der Waals surface area contributed by atoms with Crippen LogP contribution in [0, 0.1) is 6.92 Å². The smallest absolute Gasteiger partial charge is 0.0699 e. The van der Waals surface area contributed by atoms with Crippen molar-refractivity contribution < 1.29 is 4.74 Å². The van der Waals surface area contributed by atoms with Crippen LogP contribution in [0.5, 0.6) is 0 Å². The highest BCUT2D eigenvalue weighted by Crippen LogP contribution is 2.09. The first-order chi connectivity index (χ1) is 7.67. The summed E-state index contributed by atoms with van der Waals surface area (Å²) in [7, 11) is 1.77. The van der Waals surface area contributed by atoms with Gasteiger partial charge in [-0.1, -0.05) is 36.8 Å². The zero-order valence-electron chi connectivity index (χ0n) is 10.8. The van der Waals surface area contributed by atoms with Gasteiger partial charge in [0.25, 0.3) is 0 Å². The van der Waals surface area contributed by atoms with Crippen LogP contribution in [-0.2, 0) is 11.2 Å². The molecule has 1 aromatic rings. The second kappa shape index (κ2) is 6.66. The van der Waals surface area contributed by atoms with Crippen LogP contribution in [-0.4, -0.2) is 25.8 Å². The molecule has 0 aliphatic heterocycles. The fourth-order valence-corrected chi connectivity index (χ4v) is 1.81. The molecule has 90 valence electrons. The van der Waals surface area contributed by atoms with Crippen LogP contribution in [0.15, 0.2) is 24.3 Å². The number of hydrogen-bond acceptors (Lipinski definition) is 2. The molecule has 2 atom stereocenters. The van der Waals surface area contributed by atoms with E-state index in [0.29, 0.717) is 6.04 Å². The first-order valence-corrected chi connectivity index (χ1v) is 5.99. The molecule has 16 heavy (non-hydrogen) atoms. The molecule has 2 unspecified atom stereocenters. The fraction of sp³-hybridized carbons (Fsp3) is 0.571. The molecule has 1 rings (SSSR count). The number of benzene rings is 1. The van der Waals surface area contributed by atoms with Gasteiger partial charge in [0.15, 0.2) is 0 Å². The van der Waals surface area contributed by atoms with Crippen LogP contribution < -0.4 is 5.32 Å². The maximum absolute atomic E-state index is 5.40. The van der Waals surface area contributed by atoms with Gasteiger partial charge in [-0.05, 0) is 32.4 Å². The van der Waals surface area contributed by atoms with Crippen molar-refractivity contribution in [1.29, 1.82) is 0 Å². The van der Waals surface area contributed by atoms with Gasteiger partial charge in [0, 0.05) is 13.2 Å². The molecule has 2 heteroatoms. The summed E-state index contributed by atoms with van der Waals surface area (Å²) in [4.78, 5) is 0. The van der Waals surface area contributed by atoms with Crippen LogP contribution in [0.4, 0.5) is 0 Å². The number of methoxy groups -OCH3 is 1. The van der Waals surface area contributed by atoms with Crippen molar-refractivity contribution in [3.05, 3.63) is 35.4 Å². The topological polar surface area (TPSA) is 21.3 Å². The molecule has 0 aromatic heterocycles. The predicted octanol–water partition coefficient (Wildman–Crippen LogP) is 2.55. The Morgan fingerprint density at radius 2 is 1.88 bits per heavy atom. The number of aryl methyl sites for hydroxylation is 1. The Balaban J connectivity index is 2.63. The molecule has 0 saturated heterocycles. The van der Waals surface area contributed by atoms with E-state index >= 15 is 0 Å². The van der Waals surface area contributed by atoms with Crippen molar-refractivity contribution >= 4 is 0 Å². The van der Waals surface area contributed by atoms with Gasteiger partial charge in [0.2, 0.25) is 0 Å². The third-order valence-corrected chi connectivity index (χ3v) is 2.98. The minimum Gasteiger partial charge on any atom is -0.380 e. The predicted molar refractivity (Wildman–Crippen MR) is 68.8 cm³/mol. The number of rotatable bonds is 6. The lowest BCUT2D eigenvalue weighted by Gasteiger charge is -2.23. The van der Waals surface area contributed by atoms with Crippen molar-refractivity contribution in [2.45, 2.75) is 39.3 Å². The Bertz CT molecular complexity index is 294. The van der Waals surface area contributed by atoms with Crippen molar-refractivity contribution in [1.82, 2.24) is 5.32 Å². The van der Waals surface area contributed by atoms with Crippen molar-refractivity contribution in [3.63, 3.8) is 0 Å². The van der Waals surface area contributed by atoms with Gasteiger partial charge in [0.05, 0.1) is 6.10 Å². The molecule has 1 N–H and O–H groups in total. The van der Waals surface area contributed by atoms with Gasteiger partial charge in [0.1, 0.15) is 0 Å². The van der Waals surface area contributed by atoms with E-state index in [0.717, 1.165) is 13.0 Å². The van der Waals surface area contributed by atoms with Gasteiger partial charge in [-0.25, -0.2) is 0 Å². The minimum absolute atomic E-state index is 0.237. The van der Waals surface area contributed by atoms with E-state index in [4.69, 9.17) is 4.74 Å². The lowest BCUT2D eigenvalue weighted by Crippen LogP contribution is -2.40. The van der Waals surface area contributed by atoms with E-state index in [1.54, 1.807) is 7.11 Å². The average Bonchev–Trinajstić information content (AvgIpc) is 2.30. The lowest BCUT2D eigenvalue weighted by molar-refractivity contribution is 0.0836. The Kier molecular flexibility index (Phi) is 5.50. The first kappa shape index (κ1) is 13.2. The maximum Gasteiger partial charge on any atom is 0.0699 e. The molecule has 1 aromatic carbocycles. The minimum atomic E-state index is 0.237. The summed E-state index contributed by atoms with van der Waals surface area (Å²) in [6, 6.07) is 9.10. The second-order valence-corrected chi connectivity index (χ2v) is 4.29. The zero-order chi connectivity index (χ0) is 12.0. The van der Waals surface area contributed by atoms with Gasteiger partial charge < -0.3 is 10.1 Å². The molecule has 0 heterocycles. The van der Waals surface area contributed by atoms with E-state index in [2.05, 4.69) is 50.4 Å². The molecule has 0 bridgehead atoms. The van der Waals surface area contributed by atoms with Crippen molar-refractivity contribution in [3.8, 4) is 0 Å². The normalized spacial score (nSPS) is 14.8. The van der Waals surface area contributed by atoms with Crippen LogP contribution in [0.3, 0.4) is 0 Å². The molecule has 0 spiro atoms. The summed E-state index contributed by atoms with van der Waals surface area (Å²) in [5, 5.41) is 3.47. The monoisotopic (exact) mass is 221 g/mol. The number of likely N-dealkylation sites (N-methyl/N-ethyl adjacent to an activating group) is 1. The summed E-state index contributed by atoms with van der Waals surface area (Å²) < 4.78 is 5.40. The third-order valence-electron chi connectivity index (χ3n) is 2.98. The number of ether oxygens (including phenoxy) is 1. The number of hydrogen-bond donors (Lipinski definition) is 1. The molecule has 0 amide bonds. The van der Waals surface area contributed by atoms with Crippen molar-refractivity contribution in [2.75, 3.05) is 13.7 Å². The molecular weight excluding hydrogens is 198 g/mol. The second-order valence-electron chi connectivity index (χ2n) is 4.29. The van der Waals surface area contributed by atoms with E-state index in [9.17, 15) is 0 Å². The van der Waals surface area contributed by atoms with Gasteiger partial charge in [-0.15, -0.1) is 0 Å². The molecule has 0 fully saturated rings. The maximum atomic E-state index is 5.40. The Morgan fingerprint density at radius 3 is 2.38 bits per heavy atom. The van der Waals surface area contributed by atoms with Gasteiger partial charge >= 0.3 is 0 Å². The van der Waals surface area contributed by atoms with E-state index in [1.807, 2.05) is 0 Å². The Morgan fingerprint density at radius 1 is 1.25 bits per heavy atom. The summed E-state index contributed by atoms with van der Waals surface area (Å²) in [6.07, 6.45) is 1.25. The van der Waals surface area contributed by atoms with E-state index in [1.165, 1.54) is 11.1 Å². The summed E-state index contributed by atoms with van der Waals surface area (Å²) >= 11 is 0. The van der Waals surface area contributed by atoms with E-state index < -0.39 is 0 Å². The molecule has 0 radical (unpaired) electrons. The molecule has 0 saturated carbocycles. The molecular formula is C14H23NO. The average molecular weight is 221 g/mol. The van der Waals surface area contributed by atoms with Crippen LogP contribution in [0.25, 0.3) is 0 Å². The van der Waals surface area contributed by atoms with Gasteiger partial charge in [-0.2, -0.15) is 0 Å². The summed E-state index contributed by atoms with van der Waals surface area (Å²) in [5.41, 5.74) is 2.67. The third kappa shape index (κ3) is 3.95. The first-order valence-electron chi connectivity index (χ1n) is 5.99. The Hall–Kier alpha value is -0.860. The van der Waals surface area contributed by atoms with Crippen molar-refractivity contribution in [2.24, 2.45) is 0 Å². The largest absolute Gasteiger partial charge is 0.380 e. The Labute approximate surface area is 99.0 Å². The quantitative estimate of drug-likeness (QED) is 0.797. The zero-order valence-corrected chi connectivity index (χ0v) is 10.8. The summed E-state index contributed by atoms with van der Waals surface area (Å²) in [5.74, 6) is 0. The SMILES string of the molecule is CCNC(Cc1ccc(C)cc1)C(C)OC. The number of nitrogens with one attached hydrogen (secondary N) is 1. The highest BCUT2D eigenvalue weighted by molar-refractivity contribution is 5.22. The van der Waals surface area contributed by atoms with Gasteiger partial charge in [-0.3, -0.25) is 0 Å². The standard InChI is InChI=1S/C14H23NO/c1-5-15-14(12(3)16-4)10-13-8-6-11(2)7-9-13/h6-9,12,14-15H,5,10H2,1-4H3. The van der Waals surface area contributed by atoms with Crippen LogP contribution in [0.1, 0.15) is 25.0 Å². The highest BCUT2D eigenvalue weighted by Gasteiger charge is 2.15. The molecule has 2 nitrogen and oxygen atoms in total. The molecule has 0 aliphatic rings. The summed E-state index contributed by atoms with van der Waals surface area (Å²) in [6.45, 7) is 7.33. The van der Waals surface area contributed by atoms with Crippen LogP contribution in [0.2, 0.25) is 0 Å². The fourth-order valence-electron chi connectivity index (χ4n) is 1.81. The lowest BCUT2D eigenvalue weighted by atomic mass is 10.0. The van der Waals surface area contributed by atoms with E-state index in [-0.39, 0.29) is 6.10 Å².